The third-order valence-electron chi connectivity index (χ3n) is 9.03. The quantitative estimate of drug-likeness (QED) is 0.132. The van der Waals surface area contributed by atoms with Crippen LogP contribution >= 0.6 is 0 Å². The highest BCUT2D eigenvalue weighted by atomic mass is 15.4. The minimum atomic E-state index is 0.939. The Morgan fingerprint density at radius 3 is 1.69 bits per heavy atom. The predicted octanol–water partition coefficient (Wildman–Crippen LogP) is 9.74. The SMILES string of the molecule is C=C(\C=C/C=C(C)/C=C1\N(C)c2ccccc2N1c1ccccc1)c1cccc(/C=C2\N(C)c3ccccc3N2c2ccccc2)[n+]1C. The number of hydrogen-bond donors (Lipinski definition) is 0. The number of allylic oxidation sites excluding steroid dienone is 6. The maximum Gasteiger partial charge on any atom is 0.212 e. The van der Waals surface area contributed by atoms with Gasteiger partial charge in [0.1, 0.15) is 18.7 Å². The lowest BCUT2D eigenvalue weighted by molar-refractivity contribution is -0.675. The molecule has 0 saturated carbocycles. The number of pyridine rings is 1. The molecule has 3 heterocycles. The van der Waals surface area contributed by atoms with Crippen LogP contribution in [-0.2, 0) is 7.05 Å². The molecule has 0 atom stereocenters. The van der Waals surface area contributed by atoms with Gasteiger partial charge in [0.05, 0.1) is 28.8 Å². The summed E-state index contributed by atoms with van der Waals surface area (Å²) in [5.41, 5.74) is 11.2. The number of rotatable bonds is 7. The third kappa shape index (κ3) is 5.60. The van der Waals surface area contributed by atoms with Crippen molar-refractivity contribution in [3.63, 3.8) is 0 Å². The normalized spacial score (nSPS) is 16.0. The van der Waals surface area contributed by atoms with Gasteiger partial charge < -0.3 is 9.80 Å². The molecule has 48 heavy (non-hydrogen) atoms. The van der Waals surface area contributed by atoms with Crippen molar-refractivity contribution in [1.82, 2.24) is 0 Å². The van der Waals surface area contributed by atoms with Gasteiger partial charge in [-0.3, -0.25) is 9.80 Å². The molecule has 0 spiro atoms. The molecule has 0 fully saturated rings. The van der Waals surface area contributed by atoms with Gasteiger partial charge in [0.25, 0.3) is 0 Å². The van der Waals surface area contributed by atoms with Crippen LogP contribution in [0, 0.1) is 0 Å². The second-order valence-electron chi connectivity index (χ2n) is 12.1. The molecule has 0 radical (unpaired) electrons. The number of anilines is 6. The van der Waals surface area contributed by atoms with Gasteiger partial charge in [-0.15, -0.1) is 0 Å². The molecule has 0 saturated heterocycles. The van der Waals surface area contributed by atoms with Crippen molar-refractivity contribution in [1.29, 1.82) is 0 Å². The molecule has 0 aliphatic carbocycles. The van der Waals surface area contributed by atoms with Gasteiger partial charge in [0, 0.05) is 43.2 Å². The largest absolute Gasteiger partial charge is 0.329 e. The van der Waals surface area contributed by atoms with Crippen molar-refractivity contribution >= 4 is 45.8 Å². The summed E-state index contributed by atoms with van der Waals surface area (Å²) in [6.07, 6.45) is 10.8. The van der Waals surface area contributed by atoms with Gasteiger partial charge in [-0.25, -0.2) is 0 Å². The third-order valence-corrected chi connectivity index (χ3v) is 9.03. The van der Waals surface area contributed by atoms with Crippen molar-refractivity contribution in [3.8, 4) is 0 Å². The lowest BCUT2D eigenvalue weighted by atomic mass is 10.1. The van der Waals surface area contributed by atoms with Crippen LogP contribution in [0.3, 0.4) is 0 Å². The van der Waals surface area contributed by atoms with E-state index in [0.29, 0.717) is 0 Å². The van der Waals surface area contributed by atoms with E-state index in [9.17, 15) is 0 Å². The summed E-state index contributed by atoms with van der Waals surface area (Å²) in [6, 6.07) is 44.5. The molecule has 4 aromatic carbocycles. The zero-order valence-corrected chi connectivity index (χ0v) is 28.0. The van der Waals surface area contributed by atoms with Crippen LogP contribution in [0.15, 0.2) is 175 Å². The van der Waals surface area contributed by atoms with Crippen LogP contribution in [0.2, 0.25) is 0 Å². The summed E-state index contributed by atoms with van der Waals surface area (Å²) in [5.74, 6) is 2.20. The Bertz CT molecular complexity index is 2110. The van der Waals surface area contributed by atoms with E-state index in [1.165, 1.54) is 22.7 Å². The van der Waals surface area contributed by atoms with Gasteiger partial charge in [-0.1, -0.05) is 79.4 Å². The summed E-state index contributed by atoms with van der Waals surface area (Å²) < 4.78 is 2.21. The van der Waals surface area contributed by atoms with Crippen molar-refractivity contribution < 1.29 is 4.57 Å². The standard InChI is InChI=1S/C43H40N5/c1-32(30-42-45(4)38-25-12-14-27-40(38)47(42)34-20-8-6-9-21-34)18-16-19-33(2)37-29-17-24-36(44(37)3)31-43-46(5)39-26-13-15-28-41(39)48(43)35-22-10-7-11-23-35/h6-31H,2H2,1,3-5H3/q+1/b19-16-,32-18+,42-30+. The molecule has 0 amide bonds. The van der Waals surface area contributed by atoms with Gasteiger partial charge in [0.15, 0.2) is 0 Å². The number of para-hydroxylation sites is 6. The average Bonchev–Trinajstić information content (AvgIpc) is 3.55. The Balaban J connectivity index is 1.16. The summed E-state index contributed by atoms with van der Waals surface area (Å²) in [5, 5.41) is 0. The van der Waals surface area contributed by atoms with E-state index in [-0.39, 0.29) is 0 Å². The van der Waals surface area contributed by atoms with Gasteiger partial charge in [-0.2, -0.15) is 4.57 Å². The topological polar surface area (TPSA) is 16.8 Å². The van der Waals surface area contributed by atoms with E-state index in [1.54, 1.807) is 0 Å². The summed E-state index contributed by atoms with van der Waals surface area (Å²) >= 11 is 0. The van der Waals surface area contributed by atoms with Gasteiger partial charge in [-0.05, 0) is 79.2 Å². The minimum absolute atomic E-state index is 0.939. The number of fused-ring (bicyclic) bond motifs is 2. The fourth-order valence-corrected chi connectivity index (χ4v) is 6.54. The molecule has 5 nitrogen and oxygen atoms in total. The lowest BCUT2D eigenvalue weighted by Crippen LogP contribution is -2.37. The molecular weight excluding hydrogens is 587 g/mol. The molecule has 236 valence electrons. The van der Waals surface area contributed by atoms with Crippen LogP contribution in [0.25, 0.3) is 11.6 Å². The van der Waals surface area contributed by atoms with E-state index in [4.69, 9.17) is 0 Å². The monoisotopic (exact) mass is 626 g/mol. The highest BCUT2D eigenvalue weighted by Crippen LogP contribution is 2.46. The van der Waals surface area contributed by atoms with Crippen molar-refractivity contribution in [2.24, 2.45) is 7.05 Å². The molecule has 2 aliphatic rings. The molecular formula is C43H40N5+. The highest BCUT2D eigenvalue weighted by Gasteiger charge is 2.31. The molecule has 0 N–H and O–H groups in total. The van der Waals surface area contributed by atoms with E-state index in [2.05, 4.69) is 217 Å². The summed E-state index contributed by atoms with van der Waals surface area (Å²) in [7, 11) is 6.36. The number of hydrogen-bond acceptors (Lipinski definition) is 4. The van der Waals surface area contributed by atoms with Crippen LogP contribution in [-0.4, -0.2) is 14.1 Å². The molecule has 0 unspecified atom stereocenters. The van der Waals surface area contributed by atoms with Crippen LogP contribution in [0.5, 0.6) is 0 Å². The number of nitrogens with zero attached hydrogens (tertiary/aromatic N) is 5. The summed E-state index contributed by atoms with van der Waals surface area (Å²) in [4.78, 5) is 9.14. The van der Waals surface area contributed by atoms with E-state index >= 15 is 0 Å². The Labute approximate surface area is 284 Å². The van der Waals surface area contributed by atoms with Crippen LogP contribution in [0.4, 0.5) is 34.1 Å². The van der Waals surface area contributed by atoms with Gasteiger partial charge in [0.2, 0.25) is 11.4 Å². The second-order valence-corrected chi connectivity index (χ2v) is 12.1. The fraction of sp³-hybridized carbons (Fsp3) is 0.0930. The summed E-state index contributed by atoms with van der Waals surface area (Å²) in [6.45, 7) is 6.59. The molecule has 0 bridgehead atoms. The van der Waals surface area contributed by atoms with Crippen molar-refractivity contribution in [3.05, 3.63) is 187 Å². The second kappa shape index (κ2) is 13.0. The van der Waals surface area contributed by atoms with E-state index < -0.39 is 0 Å². The van der Waals surface area contributed by atoms with Gasteiger partial charge >= 0.3 is 0 Å². The minimum Gasteiger partial charge on any atom is -0.329 e. The molecule has 7 rings (SSSR count). The Morgan fingerprint density at radius 2 is 1.10 bits per heavy atom. The first-order valence-electron chi connectivity index (χ1n) is 16.2. The smallest absolute Gasteiger partial charge is 0.212 e. The molecule has 5 aromatic rings. The lowest BCUT2D eigenvalue weighted by Gasteiger charge is -2.23. The molecule has 2 aliphatic heterocycles. The Hall–Kier alpha value is -6.07. The Morgan fingerprint density at radius 1 is 0.604 bits per heavy atom. The molecule has 1 aromatic heterocycles. The van der Waals surface area contributed by atoms with Crippen LogP contribution < -0.4 is 24.2 Å². The molecule has 5 heteroatoms. The first kappa shape index (κ1) is 30.6. The maximum absolute atomic E-state index is 4.45. The van der Waals surface area contributed by atoms with E-state index in [0.717, 1.165) is 45.6 Å². The maximum atomic E-state index is 4.45. The first-order chi connectivity index (χ1) is 23.4. The zero-order valence-electron chi connectivity index (χ0n) is 28.0. The number of benzene rings is 4. The van der Waals surface area contributed by atoms with Crippen molar-refractivity contribution in [2.75, 3.05) is 33.7 Å². The first-order valence-corrected chi connectivity index (χ1v) is 16.2. The van der Waals surface area contributed by atoms with Crippen LogP contribution in [0.1, 0.15) is 18.3 Å². The highest BCUT2D eigenvalue weighted by molar-refractivity contribution is 5.91. The van der Waals surface area contributed by atoms with Crippen molar-refractivity contribution in [2.45, 2.75) is 6.92 Å². The fourth-order valence-electron chi connectivity index (χ4n) is 6.54. The zero-order chi connectivity index (χ0) is 33.2. The Kier molecular flexibility index (Phi) is 8.26. The number of aromatic nitrogens is 1. The average molecular weight is 627 g/mol. The predicted molar refractivity (Wildman–Crippen MR) is 202 cm³/mol. The van der Waals surface area contributed by atoms with E-state index in [1.807, 2.05) is 0 Å².